The van der Waals surface area contributed by atoms with Gasteiger partial charge in [0, 0.05) is 5.56 Å². The number of benzene rings is 1. The molecule has 0 fully saturated rings. The van der Waals surface area contributed by atoms with E-state index in [1.165, 1.54) is 22.3 Å². The van der Waals surface area contributed by atoms with E-state index >= 15 is 0 Å². The number of rotatable bonds is 4. The van der Waals surface area contributed by atoms with Gasteiger partial charge in [-0.05, 0) is 64.3 Å². The standard InChI is InChI=1S/C16H20N4.C6H10/c1-4-5-6-12-9-17-20-15(12)16-18-13-7-10(2)11(3)8-14(13)19-16;1-4-5-6(2)3/h4-5,7-9,16,18-19H,6H2,1-3H3,(H,17,20);4-5H,1H2,2-3H3/b5-4-;. The molecule has 1 aliphatic rings. The highest BCUT2D eigenvalue weighted by Gasteiger charge is 2.24. The van der Waals surface area contributed by atoms with Crippen LogP contribution in [0.15, 0.2) is 54.8 Å². The number of allylic oxidation sites excluding steroid dienone is 5. The molecule has 0 saturated carbocycles. The molecule has 3 rings (SSSR count). The number of aryl methyl sites for hydroxylation is 2. The molecular formula is C22H30N4. The summed E-state index contributed by atoms with van der Waals surface area (Å²) in [4.78, 5) is 0. The van der Waals surface area contributed by atoms with Crippen LogP contribution < -0.4 is 10.6 Å². The predicted molar refractivity (Wildman–Crippen MR) is 113 cm³/mol. The summed E-state index contributed by atoms with van der Waals surface area (Å²) in [7, 11) is 0. The van der Waals surface area contributed by atoms with E-state index in [1.807, 2.05) is 33.0 Å². The molecule has 2 heterocycles. The summed E-state index contributed by atoms with van der Waals surface area (Å²) in [6.07, 6.45) is 10.8. The molecule has 1 aliphatic heterocycles. The lowest BCUT2D eigenvalue weighted by Crippen LogP contribution is -2.14. The van der Waals surface area contributed by atoms with E-state index < -0.39 is 0 Å². The molecule has 1 aromatic heterocycles. The molecule has 138 valence electrons. The third-order valence-corrected chi connectivity index (χ3v) is 4.30. The fourth-order valence-electron chi connectivity index (χ4n) is 2.76. The Morgan fingerprint density at radius 1 is 1.15 bits per heavy atom. The van der Waals surface area contributed by atoms with E-state index in [1.54, 1.807) is 6.08 Å². The van der Waals surface area contributed by atoms with E-state index in [9.17, 15) is 0 Å². The van der Waals surface area contributed by atoms with Gasteiger partial charge in [-0.25, -0.2) is 0 Å². The Hall–Kier alpha value is -2.75. The monoisotopic (exact) mass is 350 g/mol. The minimum atomic E-state index is 0.0638. The summed E-state index contributed by atoms with van der Waals surface area (Å²) in [5.74, 6) is 0. The molecular weight excluding hydrogens is 320 g/mol. The number of anilines is 2. The first kappa shape index (κ1) is 19.6. The summed E-state index contributed by atoms with van der Waals surface area (Å²) < 4.78 is 0. The van der Waals surface area contributed by atoms with Crippen LogP contribution in [0.25, 0.3) is 0 Å². The second-order valence-corrected chi connectivity index (χ2v) is 6.77. The minimum absolute atomic E-state index is 0.0638. The number of hydrogen-bond acceptors (Lipinski definition) is 3. The van der Waals surface area contributed by atoms with Crippen molar-refractivity contribution in [3.05, 3.63) is 77.2 Å². The second kappa shape index (κ2) is 9.09. The first-order valence-electron chi connectivity index (χ1n) is 8.99. The van der Waals surface area contributed by atoms with Crippen LogP contribution in [0.1, 0.15) is 49.3 Å². The van der Waals surface area contributed by atoms with Gasteiger partial charge in [0.05, 0.1) is 23.3 Å². The molecule has 0 spiro atoms. The zero-order valence-electron chi connectivity index (χ0n) is 16.5. The maximum atomic E-state index is 4.18. The first-order chi connectivity index (χ1) is 12.5. The molecule has 3 N–H and O–H groups in total. The van der Waals surface area contributed by atoms with Crippen LogP contribution in [0.3, 0.4) is 0 Å². The lowest BCUT2D eigenvalue weighted by molar-refractivity contribution is 0.854. The third kappa shape index (κ3) is 4.88. The molecule has 4 heteroatoms. The van der Waals surface area contributed by atoms with Crippen molar-refractivity contribution in [3.63, 3.8) is 0 Å². The number of aromatic nitrogens is 2. The summed E-state index contributed by atoms with van der Waals surface area (Å²) in [5.41, 5.74) is 8.54. The van der Waals surface area contributed by atoms with Crippen LogP contribution in [0.5, 0.6) is 0 Å². The maximum Gasteiger partial charge on any atom is 0.140 e. The van der Waals surface area contributed by atoms with E-state index in [4.69, 9.17) is 0 Å². The Morgan fingerprint density at radius 2 is 1.77 bits per heavy atom. The molecule has 26 heavy (non-hydrogen) atoms. The van der Waals surface area contributed by atoms with Crippen LogP contribution in [0, 0.1) is 13.8 Å². The average Bonchev–Trinajstić information content (AvgIpc) is 3.20. The molecule has 0 radical (unpaired) electrons. The smallest absolute Gasteiger partial charge is 0.140 e. The largest absolute Gasteiger partial charge is 0.359 e. The zero-order valence-corrected chi connectivity index (χ0v) is 16.5. The molecule has 2 aromatic rings. The molecule has 4 nitrogen and oxygen atoms in total. The summed E-state index contributed by atoms with van der Waals surface area (Å²) in [6.45, 7) is 13.9. The molecule has 0 atom stereocenters. The second-order valence-electron chi connectivity index (χ2n) is 6.77. The van der Waals surface area contributed by atoms with Gasteiger partial charge in [-0.15, -0.1) is 0 Å². The van der Waals surface area contributed by atoms with Gasteiger partial charge in [0.15, 0.2) is 0 Å². The first-order valence-corrected chi connectivity index (χ1v) is 8.99. The van der Waals surface area contributed by atoms with Crippen LogP contribution in [-0.2, 0) is 6.42 Å². The highest BCUT2D eigenvalue weighted by molar-refractivity contribution is 5.76. The van der Waals surface area contributed by atoms with Crippen molar-refractivity contribution in [2.24, 2.45) is 0 Å². The summed E-state index contributed by atoms with van der Waals surface area (Å²) in [6, 6.07) is 4.39. The molecule has 0 bridgehead atoms. The van der Waals surface area contributed by atoms with E-state index in [2.05, 4.69) is 65.5 Å². The maximum absolute atomic E-state index is 4.18. The van der Waals surface area contributed by atoms with Crippen molar-refractivity contribution in [1.82, 2.24) is 10.2 Å². The molecule has 1 aromatic carbocycles. The number of nitrogens with one attached hydrogen (secondary N) is 3. The van der Waals surface area contributed by atoms with Crippen LogP contribution in [0.4, 0.5) is 11.4 Å². The molecule has 0 aliphatic carbocycles. The average molecular weight is 351 g/mol. The van der Waals surface area contributed by atoms with Crippen molar-refractivity contribution in [2.75, 3.05) is 10.6 Å². The number of H-pyrrole nitrogens is 1. The fraction of sp³-hybridized carbons (Fsp3) is 0.318. The Bertz CT molecular complexity index is 777. The van der Waals surface area contributed by atoms with Gasteiger partial charge in [0.1, 0.15) is 6.17 Å². The third-order valence-electron chi connectivity index (χ3n) is 4.30. The van der Waals surface area contributed by atoms with Crippen molar-refractivity contribution in [2.45, 2.75) is 47.2 Å². The molecule has 0 saturated heterocycles. The molecule has 0 unspecified atom stereocenters. The van der Waals surface area contributed by atoms with Gasteiger partial charge in [-0.2, -0.15) is 5.10 Å². The lowest BCUT2D eigenvalue weighted by Gasteiger charge is -2.12. The van der Waals surface area contributed by atoms with Gasteiger partial charge in [-0.1, -0.05) is 36.5 Å². The van der Waals surface area contributed by atoms with E-state index in [0.717, 1.165) is 23.5 Å². The van der Waals surface area contributed by atoms with Gasteiger partial charge >= 0.3 is 0 Å². The van der Waals surface area contributed by atoms with E-state index in [0.29, 0.717) is 0 Å². The molecule has 0 amide bonds. The van der Waals surface area contributed by atoms with Gasteiger partial charge in [0.2, 0.25) is 0 Å². The van der Waals surface area contributed by atoms with Gasteiger partial charge in [0.25, 0.3) is 0 Å². The highest BCUT2D eigenvalue weighted by Crippen LogP contribution is 2.37. The Labute approximate surface area is 157 Å². The van der Waals surface area contributed by atoms with Gasteiger partial charge in [-0.3, -0.25) is 5.10 Å². The van der Waals surface area contributed by atoms with E-state index in [-0.39, 0.29) is 6.17 Å². The number of nitrogens with zero attached hydrogens (tertiary/aromatic N) is 1. The van der Waals surface area contributed by atoms with Crippen molar-refractivity contribution in [3.8, 4) is 0 Å². The van der Waals surface area contributed by atoms with Gasteiger partial charge < -0.3 is 10.6 Å². The van der Waals surface area contributed by atoms with Crippen LogP contribution in [-0.4, -0.2) is 10.2 Å². The van der Waals surface area contributed by atoms with Crippen molar-refractivity contribution < 1.29 is 0 Å². The number of aromatic amines is 1. The normalized spacial score (nSPS) is 12.7. The Morgan fingerprint density at radius 3 is 2.23 bits per heavy atom. The predicted octanol–water partition coefficient (Wildman–Crippen LogP) is 5.82. The topological polar surface area (TPSA) is 52.7 Å². The van der Waals surface area contributed by atoms with Crippen molar-refractivity contribution >= 4 is 11.4 Å². The minimum Gasteiger partial charge on any atom is -0.359 e. The number of hydrogen-bond donors (Lipinski definition) is 3. The summed E-state index contributed by atoms with van der Waals surface area (Å²) in [5, 5.41) is 14.3. The Kier molecular flexibility index (Phi) is 6.84. The van der Waals surface area contributed by atoms with Crippen LogP contribution >= 0.6 is 0 Å². The lowest BCUT2D eigenvalue weighted by atomic mass is 10.1. The highest BCUT2D eigenvalue weighted by atomic mass is 15.2. The number of fused-ring (bicyclic) bond motifs is 1. The van der Waals surface area contributed by atoms with Crippen LogP contribution in [0.2, 0.25) is 0 Å². The van der Waals surface area contributed by atoms with Crippen molar-refractivity contribution in [1.29, 1.82) is 0 Å². The summed E-state index contributed by atoms with van der Waals surface area (Å²) >= 11 is 0. The Balaban J connectivity index is 0.000000352. The zero-order chi connectivity index (χ0) is 19.1. The fourth-order valence-corrected chi connectivity index (χ4v) is 2.76. The quantitative estimate of drug-likeness (QED) is 0.481. The SMILES string of the molecule is C/C=C\Cc1cn[nH]c1C1Nc2cc(C)c(C)cc2N1.C=CC=C(C)C.